The average Bonchev–Trinajstić information content (AvgIpc) is 3.20. The monoisotopic (exact) mass is 348 g/mol. The third-order valence-corrected chi connectivity index (χ3v) is 5.44. The summed E-state index contributed by atoms with van der Waals surface area (Å²) in [4.78, 5) is 9.37. The van der Waals surface area contributed by atoms with E-state index in [2.05, 4.69) is 20.9 Å². The van der Waals surface area contributed by atoms with E-state index in [0.717, 1.165) is 53.5 Å². The van der Waals surface area contributed by atoms with Gasteiger partial charge in [0.1, 0.15) is 17.5 Å². The topological polar surface area (TPSA) is 42.7 Å². The third-order valence-electron chi connectivity index (χ3n) is 5.44. The average molecular weight is 348 g/mol. The van der Waals surface area contributed by atoms with E-state index in [4.69, 9.17) is 4.98 Å². The standard InChI is InChI=1S/C21H21FN4/c22-16-8-6-14(7-9-16)20-21(26-12-2-5-19(26)25-20)15-10-11-23-18(13-15)24-17-3-1-4-17/h6-11,13,17H,1-5,12H2,(H,23,24). The normalized spacial score (nSPS) is 16.3. The molecule has 4 nitrogen and oxygen atoms in total. The van der Waals surface area contributed by atoms with Crippen LogP contribution in [0.5, 0.6) is 0 Å². The van der Waals surface area contributed by atoms with Crippen molar-refractivity contribution in [2.24, 2.45) is 0 Å². The smallest absolute Gasteiger partial charge is 0.126 e. The Morgan fingerprint density at radius 3 is 2.65 bits per heavy atom. The van der Waals surface area contributed by atoms with E-state index in [1.54, 1.807) is 0 Å². The minimum Gasteiger partial charge on any atom is -0.367 e. The molecule has 0 unspecified atom stereocenters. The predicted octanol–water partition coefficient (Wildman–Crippen LogP) is 4.66. The van der Waals surface area contributed by atoms with Crippen molar-refractivity contribution in [3.63, 3.8) is 0 Å². The lowest BCUT2D eigenvalue weighted by molar-refractivity contribution is 0.444. The lowest BCUT2D eigenvalue weighted by Gasteiger charge is -2.27. The Bertz CT molecular complexity index is 941. The highest BCUT2D eigenvalue weighted by atomic mass is 19.1. The number of aromatic nitrogens is 3. The SMILES string of the molecule is Fc1ccc(-c2nc3n(c2-c2ccnc(NC4CCC4)c2)CCC3)cc1. The number of benzene rings is 1. The predicted molar refractivity (Wildman–Crippen MR) is 100 cm³/mol. The molecule has 0 bridgehead atoms. The molecule has 132 valence electrons. The Morgan fingerprint density at radius 2 is 1.88 bits per heavy atom. The maximum atomic E-state index is 13.4. The molecule has 0 amide bonds. The van der Waals surface area contributed by atoms with Gasteiger partial charge >= 0.3 is 0 Å². The van der Waals surface area contributed by atoms with Gasteiger partial charge in [-0.3, -0.25) is 0 Å². The van der Waals surface area contributed by atoms with E-state index in [0.29, 0.717) is 6.04 Å². The van der Waals surface area contributed by atoms with Gasteiger partial charge in [0.25, 0.3) is 0 Å². The lowest BCUT2D eigenvalue weighted by atomic mass is 9.93. The van der Waals surface area contributed by atoms with Crippen molar-refractivity contribution >= 4 is 5.82 Å². The Kier molecular flexibility index (Phi) is 3.73. The number of nitrogens with one attached hydrogen (secondary N) is 1. The second kappa shape index (κ2) is 6.24. The van der Waals surface area contributed by atoms with Gasteiger partial charge in [-0.25, -0.2) is 14.4 Å². The highest BCUT2D eigenvalue weighted by Crippen LogP contribution is 2.36. The largest absolute Gasteiger partial charge is 0.367 e. The van der Waals surface area contributed by atoms with Crippen molar-refractivity contribution in [3.8, 4) is 22.5 Å². The molecule has 3 aromatic rings. The van der Waals surface area contributed by atoms with Crippen LogP contribution in [-0.4, -0.2) is 20.6 Å². The van der Waals surface area contributed by atoms with E-state index in [1.807, 2.05) is 24.4 Å². The molecule has 1 saturated carbocycles. The zero-order valence-corrected chi connectivity index (χ0v) is 14.6. The number of rotatable bonds is 4. The van der Waals surface area contributed by atoms with Gasteiger partial charge in [0.2, 0.25) is 0 Å². The number of nitrogens with zero attached hydrogens (tertiary/aromatic N) is 3. The molecule has 1 aliphatic heterocycles. The molecule has 2 aliphatic rings. The fourth-order valence-electron chi connectivity index (χ4n) is 3.85. The van der Waals surface area contributed by atoms with E-state index in [9.17, 15) is 4.39 Å². The molecule has 5 rings (SSSR count). The van der Waals surface area contributed by atoms with Crippen LogP contribution in [-0.2, 0) is 13.0 Å². The summed E-state index contributed by atoms with van der Waals surface area (Å²) in [7, 11) is 0. The van der Waals surface area contributed by atoms with Crippen molar-refractivity contribution in [1.29, 1.82) is 0 Å². The highest BCUT2D eigenvalue weighted by molar-refractivity contribution is 5.80. The molecule has 1 aromatic carbocycles. The van der Waals surface area contributed by atoms with Crippen molar-refractivity contribution in [3.05, 3.63) is 54.2 Å². The second-order valence-electron chi connectivity index (χ2n) is 7.19. The van der Waals surface area contributed by atoms with Crippen LogP contribution < -0.4 is 5.32 Å². The first-order valence-corrected chi connectivity index (χ1v) is 9.36. The van der Waals surface area contributed by atoms with Gasteiger partial charge in [-0.1, -0.05) is 0 Å². The minimum absolute atomic E-state index is 0.224. The van der Waals surface area contributed by atoms with Crippen LogP contribution in [0.2, 0.25) is 0 Å². The molecule has 26 heavy (non-hydrogen) atoms. The minimum atomic E-state index is -0.224. The van der Waals surface area contributed by atoms with E-state index in [-0.39, 0.29) is 5.82 Å². The molecule has 0 saturated heterocycles. The zero-order chi connectivity index (χ0) is 17.5. The summed E-state index contributed by atoms with van der Waals surface area (Å²) in [6.07, 6.45) is 7.70. The number of pyridine rings is 1. The Hall–Kier alpha value is -2.69. The number of aryl methyl sites for hydroxylation is 1. The molecule has 0 atom stereocenters. The molecule has 0 radical (unpaired) electrons. The number of imidazole rings is 1. The van der Waals surface area contributed by atoms with Gasteiger partial charge in [0.05, 0.1) is 11.4 Å². The maximum absolute atomic E-state index is 13.4. The van der Waals surface area contributed by atoms with Crippen LogP contribution in [0.1, 0.15) is 31.5 Å². The second-order valence-corrected chi connectivity index (χ2v) is 7.19. The summed E-state index contributed by atoms with van der Waals surface area (Å²) in [6.45, 7) is 0.979. The van der Waals surface area contributed by atoms with Gasteiger partial charge in [-0.2, -0.15) is 0 Å². The van der Waals surface area contributed by atoms with Crippen molar-refractivity contribution < 1.29 is 4.39 Å². The fraction of sp³-hybridized carbons (Fsp3) is 0.333. The highest BCUT2D eigenvalue weighted by Gasteiger charge is 2.24. The molecule has 0 spiro atoms. The van der Waals surface area contributed by atoms with E-state index in [1.165, 1.54) is 31.4 Å². The summed E-state index contributed by atoms with van der Waals surface area (Å²) < 4.78 is 15.7. The Balaban J connectivity index is 1.59. The van der Waals surface area contributed by atoms with Gasteiger partial charge in [-0.05, 0) is 62.1 Å². The van der Waals surface area contributed by atoms with Gasteiger partial charge in [-0.15, -0.1) is 0 Å². The van der Waals surface area contributed by atoms with Crippen LogP contribution in [0.3, 0.4) is 0 Å². The van der Waals surface area contributed by atoms with Gasteiger partial charge in [0, 0.05) is 36.3 Å². The fourth-order valence-corrected chi connectivity index (χ4v) is 3.85. The molecule has 1 aliphatic carbocycles. The van der Waals surface area contributed by atoms with Crippen molar-refractivity contribution in [2.45, 2.75) is 44.7 Å². The van der Waals surface area contributed by atoms with Crippen LogP contribution in [0.25, 0.3) is 22.5 Å². The number of hydrogen-bond donors (Lipinski definition) is 1. The molecule has 2 aromatic heterocycles. The first kappa shape index (κ1) is 15.6. The summed E-state index contributed by atoms with van der Waals surface area (Å²) in [6, 6.07) is 11.3. The maximum Gasteiger partial charge on any atom is 0.126 e. The molecule has 5 heteroatoms. The number of anilines is 1. The first-order valence-electron chi connectivity index (χ1n) is 9.36. The zero-order valence-electron chi connectivity index (χ0n) is 14.6. The molecule has 3 heterocycles. The molecular weight excluding hydrogens is 327 g/mol. The lowest BCUT2D eigenvalue weighted by Crippen LogP contribution is -2.27. The summed E-state index contributed by atoms with van der Waals surface area (Å²) in [5.74, 6) is 1.81. The van der Waals surface area contributed by atoms with Crippen molar-refractivity contribution in [1.82, 2.24) is 14.5 Å². The quantitative estimate of drug-likeness (QED) is 0.745. The first-order chi connectivity index (χ1) is 12.8. The molecule has 1 N–H and O–H groups in total. The summed E-state index contributed by atoms with van der Waals surface area (Å²) >= 11 is 0. The van der Waals surface area contributed by atoms with Crippen LogP contribution in [0.15, 0.2) is 42.6 Å². The summed E-state index contributed by atoms with van der Waals surface area (Å²) in [5, 5.41) is 3.52. The van der Waals surface area contributed by atoms with Crippen LogP contribution >= 0.6 is 0 Å². The number of fused-ring (bicyclic) bond motifs is 1. The van der Waals surface area contributed by atoms with Crippen LogP contribution in [0, 0.1) is 5.82 Å². The van der Waals surface area contributed by atoms with Crippen LogP contribution in [0.4, 0.5) is 10.2 Å². The third kappa shape index (κ3) is 2.68. The van der Waals surface area contributed by atoms with Gasteiger partial charge in [0.15, 0.2) is 0 Å². The number of hydrogen-bond acceptors (Lipinski definition) is 3. The van der Waals surface area contributed by atoms with E-state index < -0.39 is 0 Å². The van der Waals surface area contributed by atoms with E-state index >= 15 is 0 Å². The van der Waals surface area contributed by atoms with Gasteiger partial charge < -0.3 is 9.88 Å². The number of halogens is 1. The molecule has 1 fully saturated rings. The van der Waals surface area contributed by atoms with Crippen molar-refractivity contribution in [2.75, 3.05) is 5.32 Å². The Labute approximate surface area is 152 Å². The summed E-state index contributed by atoms with van der Waals surface area (Å²) in [5.41, 5.74) is 4.11. The molecular formula is C21H21FN4. The Morgan fingerprint density at radius 1 is 1.04 bits per heavy atom.